The van der Waals surface area contributed by atoms with E-state index in [0.717, 1.165) is 0 Å². The van der Waals surface area contributed by atoms with E-state index in [1.165, 1.54) is 5.56 Å². The Labute approximate surface area is 103 Å². The molecule has 11 rings (SSSR count). The van der Waals surface area contributed by atoms with Gasteiger partial charge in [0.25, 0.3) is 0 Å². The topological polar surface area (TPSA) is 26.0 Å². The summed E-state index contributed by atoms with van der Waals surface area (Å²) in [5.74, 6) is 0. The predicted octanol–water partition coefficient (Wildman–Crippen LogP) is 4.52. The van der Waals surface area contributed by atoms with E-state index < -0.39 is 6.51 Å². The molecule has 1 spiro atoms. The van der Waals surface area contributed by atoms with E-state index in [4.69, 9.17) is 5.73 Å². The zero-order valence-corrected chi connectivity index (χ0v) is 11.9. The van der Waals surface area contributed by atoms with Gasteiger partial charge < -0.3 is 5.73 Å². The fourth-order valence-electron chi connectivity index (χ4n) is 16.4. The van der Waals surface area contributed by atoms with Gasteiger partial charge in [-0.15, -0.1) is 0 Å². The third-order valence-corrected chi connectivity index (χ3v) is 57.5. The first-order valence-corrected chi connectivity index (χ1v) is 14.4. The molecule has 1 aromatic carbocycles. The third-order valence-electron chi connectivity index (χ3n) is 15.6. The minimum atomic E-state index is -2.28. The first-order valence-electron chi connectivity index (χ1n) is 8.05. The Bertz CT molecular complexity index is 860. The number of nitrogens with two attached hydrogens (primary N) is 1. The normalized spacial score (nSPS) is 103. The molecule has 0 aromatic heterocycles. The van der Waals surface area contributed by atoms with Crippen LogP contribution in [0.3, 0.4) is 0 Å². The Morgan fingerprint density at radius 3 is 1.21 bits per heavy atom. The van der Waals surface area contributed by atoms with E-state index in [9.17, 15) is 0 Å². The molecule has 2 N–H and O–H groups in total. The average molecular weight is 293 g/mol. The monoisotopic (exact) mass is 293 g/mol. The number of benzene rings is 1. The van der Waals surface area contributed by atoms with E-state index in [-0.39, 0.29) is 0 Å². The van der Waals surface area contributed by atoms with Crippen LogP contribution in [-0.2, 0) is 13.1 Å². The molecule has 10 heterocycles. The summed E-state index contributed by atoms with van der Waals surface area (Å²) in [5, 5.41) is 0. The van der Waals surface area contributed by atoms with Crippen LogP contribution in [0.5, 0.6) is 0 Å². The molecule has 10 aliphatic rings. The van der Waals surface area contributed by atoms with Crippen LogP contribution < -0.4 is 5.73 Å². The minimum absolute atomic E-state index is 0.640. The van der Waals surface area contributed by atoms with Gasteiger partial charge in [-0.05, 0) is 5.56 Å². The Morgan fingerprint density at radius 1 is 0.684 bits per heavy atom. The summed E-state index contributed by atoms with van der Waals surface area (Å²) in [4.78, 5) is 15.9. The van der Waals surface area contributed by atoms with Crippen molar-refractivity contribution in [3.8, 4) is 0 Å². The van der Waals surface area contributed by atoms with Gasteiger partial charge in [-0.2, -0.15) is 0 Å². The van der Waals surface area contributed by atoms with Crippen LogP contribution >= 0.6 is 0 Å². The summed E-state index contributed by atoms with van der Waals surface area (Å²) in [6.45, 7) is -1.64. The van der Waals surface area contributed by atoms with Gasteiger partial charge >= 0.3 is 54.7 Å². The number of rotatable bonds is 1. The van der Waals surface area contributed by atoms with Crippen molar-refractivity contribution < 1.29 is 6.51 Å². The second kappa shape index (κ2) is 0.705. The molecule has 1 aromatic rings. The van der Waals surface area contributed by atoms with Gasteiger partial charge in [0.1, 0.15) is 0 Å². The van der Waals surface area contributed by atoms with Crippen LogP contribution in [0.2, 0.25) is 48.2 Å². The van der Waals surface area contributed by atoms with E-state index in [2.05, 4.69) is 0 Å². The number of fused-ring (bicyclic) bond motifs is 10. The van der Waals surface area contributed by atoms with Crippen molar-refractivity contribution in [3.63, 3.8) is 0 Å². The van der Waals surface area contributed by atoms with Crippen LogP contribution in [0, 0.1) is 0 Å². The van der Waals surface area contributed by atoms with Gasteiger partial charge in [0, 0.05) is 6.54 Å². The molecule has 0 atom stereocenters. The van der Waals surface area contributed by atoms with Gasteiger partial charge in [-0.25, -0.2) is 0 Å². The molecule has 0 saturated carbocycles. The standard InChI is InChI=1S/C7H9N.2C5H5.Fe/c8-6-7-4-2-1-3-5-7;2*1-2-4-5-3-1;/h1-5H,6,8H2;2*1-5H;. The molecule has 10 aliphatic heterocycles. The van der Waals surface area contributed by atoms with Gasteiger partial charge in [-0.3, -0.25) is 0 Å². The van der Waals surface area contributed by atoms with Crippen LogP contribution in [0.15, 0.2) is 30.3 Å². The zero-order valence-electron chi connectivity index (χ0n) is 10.8. The second-order valence-electron chi connectivity index (χ2n) is 11.3. The van der Waals surface area contributed by atoms with Gasteiger partial charge in [0.15, 0.2) is 0 Å². The second-order valence-corrected chi connectivity index (χ2v) is 35.2. The maximum atomic E-state index is 5.35. The summed E-state index contributed by atoms with van der Waals surface area (Å²) < 4.78 is 0. The van der Waals surface area contributed by atoms with Crippen molar-refractivity contribution >= 4 is 0 Å². The molecule has 0 bridgehead atoms. The Balaban J connectivity index is 0.0000000821. The average Bonchev–Trinajstić information content (AvgIpc) is 3.41. The van der Waals surface area contributed by atoms with Crippen molar-refractivity contribution in [3.05, 3.63) is 35.9 Å². The summed E-state index contributed by atoms with van der Waals surface area (Å²) in [7, 11) is 0. The van der Waals surface area contributed by atoms with E-state index in [0.29, 0.717) is 6.54 Å². The first kappa shape index (κ1) is 7.63. The van der Waals surface area contributed by atoms with Crippen molar-refractivity contribution in [1.82, 2.24) is 0 Å². The SMILES string of the molecule is NCc1ccccc1.[CH]12[CH]3[CH]4[CH]5[CH]1[Fe]23451678[CH]2[CH]1[CH]6[CH]7[CH]28. The van der Waals surface area contributed by atoms with Crippen LogP contribution in [0.25, 0.3) is 0 Å². The first-order chi connectivity index (χ1) is 9.09. The summed E-state index contributed by atoms with van der Waals surface area (Å²) >= 11 is 0. The van der Waals surface area contributed by atoms with Gasteiger partial charge in [0.05, 0.1) is 0 Å². The van der Waals surface area contributed by atoms with Gasteiger partial charge in [-0.1, -0.05) is 30.3 Å². The molecule has 100 valence electrons. The number of hydrogen-bond donors (Lipinski definition) is 1. The van der Waals surface area contributed by atoms with E-state index in [1.54, 1.807) is 48.2 Å². The Kier molecular flexibility index (Phi) is 0.283. The quantitative estimate of drug-likeness (QED) is 0.757. The van der Waals surface area contributed by atoms with Crippen LogP contribution in [0.1, 0.15) is 5.56 Å². The molecule has 0 unspecified atom stereocenters. The summed E-state index contributed by atoms with van der Waals surface area (Å²) in [5.41, 5.74) is 6.54. The Hall–Kier alpha value is -0.301. The fourth-order valence-corrected chi connectivity index (χ4v) is 88.6. The van der Waals surface area contributed by atoms with E-state index >= 15 is 0 Å². The summed E-state index contributed by atoms with van der Waals surface area (Å²) in [6.07, 6.45) is 0. The van der Waals surface area contributed by atoms with Gasteiger partial charge in [0.2, 0.25) is 0 Å². The van der Waals surface area contributed by atoms with Crippen LogP contribution in [0.4, 0.5) is 0 Å². The molecule has 0 aliphatic carbocycles. The van der Waals surface area contributed by atoms with Crippen molar-refractivity contribution in [2.24, 2.45) is 5.73 Å². The van der Waals surface area contributed by atoms with Crippen molar-refractivity contribution in [2.75, 3.05) is 0 Å². The molecule has 1 nitrogen and oxygen atoms in total. The van der Waals surface area contributed by atoms with Crippen molar-refractivity contribution in [2.45, 2.75) is 54.7 Å². The Morgan fingerprint density at radius 2 is 1.05 bits per heavy atom. The molecule has 10 saturated heterocycles. The summed E-state index contributed by atoms with van der Waals surface area (Å²) in [6, 6.07) is 9.99. The molecule has 0 radical (unpaired) electrons. The van der Waals surface area contributed by atoms with E-state index in [1.807, 2.05) is 30.3 Å². The predicted molar refractivity (Wildman–Crippen MR) is 71.8 cm³/mol. The molecule has 2 heteroatoms. The molecule has 0 amide bonds. The number of hydrogen-bond acceptors (Lipinski definition) is 1. The fraction of sp³-hybridized carbons (Fsp3) is 0.647. The molecular weight excluding hydrogens is 274 g/mol. The molecule has 19 heavy (non-hydrogen) atoms. The molecule has 10 fully saturated rings. The zero-order chi connectivity index (χ0) is 11.9. The van der Waals surface area contributed by atoms with Crippen LogP contribution in [-0.4, -0.2) is 0 Å². The maximum absolute atomic E-state index is 5.35. The molecular formula is C17H19FeN. The third kappa shape index (κ3) is 0.0992. The van der Waals surface area contributed by atoms with Crippen molar-refractivity contribution in [1.29, 1.82) is 0 Å².